The minimum Gasteiger partial charge on any atom is -0.383 e. The molecule has 11 heteroatoms. The number of benzene rings is 2. The summed E-state index contributed by atoms with van der Waals surface area (Å²) in [6, 6.07) is 29.5. The molecule has 43 heavy (non-hydrogen) atoms. The van der Waals surface area contributed by atoms with Crippen LogP contribution in [0.25, 0.3) is 39.5 Å². The number of carbonyl (C=O) groups excluding carboxylic acids is 1. The van der Waals surface area contributed by atoms with Crippen molar-refractivity contribution in [2.24, 2.45) is 0 Å². The van der Waals surface area contributed by atoms with Gasteiger partial charge in [-0.15, -0.1) is 0 Å². The Morgan fingerprint density at radius 2 is 1.65 bits per heavy atom. The quantitative estimate of drug-likeness (QED) is 0.256. The lowest BCUT2D eigenvalue weighted by Gasteiger charge is -2.12. The van der Waals surface area contributed by atoms with Crippen molar-refractivity contribution in [1.29, 1.82) is 0 Å². The van der Waals surface area contributed by atoms with Crippen LogP contribution in [0.2, 0.25) is 0 Å². The standard InChI is InChI=1S/C32H27N7O3S/c1-2-43(41,42)28-12-6-11-27(36-28)32(40)35-20-21-13-15-23(16-14-21)39-30(24-10-7-19-34-29(24)33)38-26-18-17-25(37-31(26)39)22-8-4-3-5-9-22/h3-19H,2,20H2,1H3,(H2,33,34)(H,35,40). The molecule has 6 rings (SSSR count). The smallest absolute Gasteiger partial charge is 0.270 e. The lowest BCUT2D eigenvalue weighted by Crippen LogP contribution is -2.24. The zero-order valence-electron chi connectivity index (χ0n) is 23.2. The molecule has 3 N–H and O–H groups in total. The molecular weight excluding hydrogens is 562 g/mol. The number of nitrogens with one attached hydrogen (secondary N) is 1. The minimum atomic E-state index is -3.52. The Kier molecular flexibility index (Phi) is 7.39. The van der Waals surface area contributed by atoms with Gasteiger partial charge in [-0.3, -0.25) is 9.36 Å². The number of rotatable bonds is 8. The molecule has 0 aliphatic carbocycles. The molecule has 4 heterocycles. The second kappa shape index (κ2) is 11.5. The van der Waals surface area contributed by atoms with Gasteiger partial charge in [0.05, 0.1) is 17.0 Å². The van der Waals surface area contributed by atoms with Crippen LogP contribution in [0.15, 0.2) is 108 Å². The number of carbonyl (C=O) groups is 1. The van der Waals surface area contributed by atoms with Gasteiger partial charge in [0.25, 0.3) is 5.91 Å². The number of aromatic nitrogens is 5. The Morgan fingerprint density at radius 1 is 0.860 bits per heavy atom. The van der Waals surface area contributed by atoms with E-state index >= 15 is 0 Å². The molecule has 0 aliphatic rings. The normalized spacial score (nSPS) is 11.5. The molecule has 0 saturated heterocycles. The SMILES string of the molecule is CCS(=O)(=O)c1cccc(C(=O)NCc2ccc(-n3c(-c4cccnc4N)nc4ccc(-c5ccccc5)nc43)cc2)n1. The Morgan fingerprint density at radius 3 is 2.40 bits per heavy atom. The van der Waals surface area contributed by atoms with E-state index in [0.717, 1.165) is 22.5 Å². The lowest BCUT2D eigenvalue weighted by molar-refractivity contribution is 0.0945. The molecule has 0 fully saturated rings. The van der Waals surface area contributed by atoms with Crippen molar-refractivity contribution in [3.05, 3.63) is 115 Å². The molecule has 0 saturated carbocycles. The highest BCUT2D eigenvalue weighted by Crippen LogP contribution is 2.31. The number of hydrogen-bond donors (Lipinski definition) is 2. The van der Waals surface area contributed by atoms with Crippen LogP contribution in [-0.2, 0) is 16.4 Å². The molecule has 0 atom stereocenters. The highest BCUT2D eigenvalue weighted by atomic mass is 32.2. The number of pyridine rings is 3. The molecule has 1 amide bonds. The molecule has 0 radical (unpaired) electrons. The van der Waals surface area contributed by atoms with E-state index in [1.165, 1.54) is 25.1 Å². The number of anilines is 1. The molecule has 2 aromatic carbocycles. The van der Waals surface area contributed by atoms with E-state index < -0.39 is 15.7 Å². The maximum Gasteiger partial charge on any atom is 0.270 e. The second-order valence-electron chi connectivity index (χ2n) is 9.73. The number of hydrogen-bond acceptors (Lipinski definition) is 8. The van der Waals surface area contributed by atoms with Crippen LogP contribution < -0.4 is 11.1 Å². The molecule has 6 aromatic rings. The van der Waals surface area contributed by atoms with Crippen LogP contribution in [0.4, 0.5) is 5.82 Å². The van der Waals surface area contributed by atoms with Crippen molar-refractivity contribution in [2.75, 3.05) is 11.5 Å². The highest BCUT2D eigenvalue weighted by Gasteiger charge is 2.19. The first-order valence-corrected chi connectivity index (χ1v) is 15.2. The summed E-state index contributed by atoms with van der Waals surface area (Å²) < 4.78 is 26.3. The zero-order valence-corrected chi connectivity index (χ0v) is 24.0. The fourth-order valence-electron chi connectivity index (χ4n) is 4.66. The number of sulfone groups is 1. The topological polar surface area (TPSA) is 146 Å². The van der Waals surface area contributed by atoms with Crippen molar-refractivity contribution in [1.82, 2.24) is 29.8 Å². The van der Waals surface area contributed by atoms with Gasteiger partial charge in [0, 0.05) is 24.0 Å². The van der Waals surface area contributed by atoms with Crippen LogP contribution >= 0.6 is 0 Å². The fraction of sp³-hybridized carbons (Fsp3) is 0.0938. The van der Waals surface area contributed by atoms with E-state index in [0.29, 0.717) is 28.4 Å². The first-order valence-electron chi connectivity index (χ1n) is 13.6. The van der Waals surface area contributed by atoms with E-state index in [1.54, 1.807) is 6.20 Å². The van der Waals surface area contributed by atoms with Gasteiger partial charge in [-0.05, 0) is 54.1 Å². The number of nitrogens with zero attached hydrogens (tertiary/aromatic N) is 5. The summed E-state index contributed by atoms with van der Waals surface area (Å²) >= 11 is 0. The molecule has 0 spiro atoms. The van der Waals surface area contributed by atoms with E-state index in [1.807, 2.05) is 83.4 Å². The van der Waals surface area contributed by atoms with Crippen molar-refractivity contribution in [3.63, 3.8) is 0 Å². The van der Waals surface area contributed by atoms with Crippen molar-refractivity contribution in [3.8, 4) is 28.3 Å². The largest absolute Gasteiger partial charge is 0.383 e. The summed E-state index contributed by atoms with van der Waals surface area (Å²) in [7, 11) is -3.52. The van der Waals surface area contributed by atoms with E-state index in [4.69, 9.17) is 15.7 Å². The predicted octanol–water partition coefficient (Wildman–Crippen LogP) is 4.85. The second-order valence-corrected chi connectivity index (χ2v) is 12.0. The molecule has 0 bridgehead atoms. The third kappa shape index (κ3) is 5.57. The van der Waals surface area contributed by atoms with Crippen LogP contribution in [-0.4, -0.2) is 44.6 Å². The number of amides is 1. The third-order valence-electron chi connectivity index (χ3n) is 6.96. The van der Waals surface area contributed by atoms with Crippen LogP contribution in [0.3, 0.4) is 0 Å². The van der Waals surface area contributed by atoms with E-state index in [-0.39, 0.29) is 23.0 Å². The van der Waals surface area contributed by atoms with Crippen molar-refractivity contribution < 1.29 is 13.2 Å². The Bertz CT molecular complexity index is 2060. The maximum atomic E-state index is 12.8. The summed E-state index contributed by atoms with van der Waals surface area (Å²) in [5.74, 6) is 0.394. The highest BCUT2D eigenvalue weighted by molar-refractivity contribution is 7.91. The zero-order chi connectivity index (χ0) is 30.0. The Labute approximate surface area is 248 Å². The van der Waals surface area contributed by atoms with Gasteiger partial charge < -0.3 is 11.1 Å². The van der Waals surface area contributed by atoms with Gasteiger partial charge in [-0.25, -0.2) is 28.4 Å². The molecule has 0 aliphatic heterocycles. The first kappa shape index (κ1) is 27.7. The third-order valence-corrected chi connectivity index (χ3v) is 8.58. The summed E-state index contributed by atoms with van der Waals surface area (Å²) in [5, 5.41) is 2.70. The number of nitrogen functional groups attached to an aromatic ring is 1. The first-order chi connectivity index (χ1) is 20.8. The summed E-state index contributed by atoms with van der Waals surface area (Å²) in [5.41, 5.74) is 11.8. The predicted molar refractivity (Wildman–Crippen MR) is 165 cm³/mol. The van der Waals surface area contributed by atoms with E-state index in [2.05, 4.69) is 15.3 Å². The van der Waals surface area contributed by atoms with Gasteiger partial charge in [-0.1, -0.05) is 55.5 Å². The molecule has 4 aromatic heterocycles. The maximum absolute atomic E-state index is 12.8. The lowest BCUT2D eigenvalue weighted by atomic mass is 10.1. The van der Waals surface area contributed by atoms with E-state index in [9.17, 15) is 13.2 Å². The Hall–Kier alpha value is -5.42. The minimum absolute atomic E-state index is 0.0371. The summed E-state index contributed by atoms with van der Waals surface area (Å²) in [6.07, 6.45) is 1.63. The van der Waals surface area contributed by atoms with Crippen molar-refractivity contribution >= 4 is 32.7 Å². The van der Waals surface area contributed by atoms with Crippen LogP contribution in [0.5, 0.6) is 0 Å². The van der Waals surface area contributed by atoms with Crippen molar-refractivity contribution in [2.45, 2.75) is 18.5 Å². The van der Waals surface area contributed by atoms with Gasteiger partial charge >= 0.3 is 0 Å². The molecule has 0 unspecified atom stereocenters. The number of imidazole rings is 1. The molecule has 10 nitrogen and oxygen atoms in total. The molecular formula is C32H27N7O3S. The average molecular weight is 590 g/mol. The van der Waals surface area contributed by atoms with Gasteiger partial charge in [0.15, 0.2) is 26.3 Å². The van der Waals surface area contributed by atoms with Gasteiger partial charge in [0.1, 0.15) is 17.0 Å². The number of nitrogens with two attached hydrogens (primary N) is 1. The summed E-state index contributed by atoms with van der Waals surface area (Å²) in [6.45, 7) is 1.75. The average Bonchev–Trinajstić information content (AvgIpc) is 3.43. The van der Waals surface area contributed by atoms with Crippen LogP contribution in [0, 0.1) is 0 Å². The summed E-state index contributed by atoms with van der Waals surface area (Å²) in [4.78, 5) is 30.9. The number of fused-ring (bicyclic) bond motifs is 1. The van der Waals surface area contributed by atoms with Gasteiger partial charge in [-0.2, -0.15) is 0 Å². The van der Waals surface area contributed by atoms with Crippen LogP contribution in [0.1, 0.15) is 23.0 Å². The monoisotopic (exact) mass is 589 g/mol. The Balaban J connectivity index is 1.32. The fourth-order valence-corrected chi connectivity index (χ4v) is 5.48. The molecule has 214 valence electrons. The van der Waals surface area contributed by atoms with Gasteiger partial charge in [0.2, 0.25) is 0 Å².